The number of anilines is 2. The van der Waals surface area contributed by atoms with Gasteiger partial charge in [-0.3, -0.25) is 53.1 Å². The Labute approximate surface area is 409 Å². The van der Waals surface area contributed by atoms with Gasteiger partial charge >= 0.3 is 0 Å². The maximum atomic E-state index is 13.9. The molecule has 4 N–H and O–H groups in total. The second kappa shape index (κ2) is 24.4. The molecule has 0 radical (unpaired) electrons. The van der Waals surface area contributed by atoms with Crippen molar-refractivity contribution >= 4 is 87.8 Å². The molecule has 0 aliphatic carbocycles. The number of rotatable bonds is 16. The van der Waals surface area contributed by atoms with Crippen LogP contribution in [-0.2, 0) is 47.9 Å². The van der Waals surface area contributed by atoms with Crippen molar-refractivity contribution in [2.75, 3.05) is 43.2 Å². The van der Waals surface area contributed by atoms with E-state index in [9.17, 15) is 52.7 Å². The standard InChI is InChI=1S/C29H30N4O6.C22H26N4O6/c1-3-20(17-34)30-26(35)16-33-25-14-7-6-13-24(25)32(27(36)18-39-2)15-23(29(33)38)31-28(37)22-12-8-10-19-9-4-5-11-21(19)22;1-2-15(13-27)23-20(30)17-9-6-12-25-18(28)11-10-16(22(32)26(17)25)24-21(31)19(29)14-7-4-3-5-8-14/h4-14,17,20,23H,3,15-16,18H2,1-2H3,(H,30,35)(H,31,37);3-5,7-8,13,15-17H,2,6,9-12H2,1H3,(H,23,30)(H,24,31)/t20-,23-;15-,16-,17-/m00/s1. The SMILES string of the molecule is CC[C@@H](C=O)NC(=O)CN1C(=O)[C@@H](NC(=O)c2cccc3ccccc23)CN(C(=O)COC)c2ccccc21.CC[C@@H](C=O)NC(=O)[C@@H]1CCCN2C(=O)CC[C@H](NC(=O)C(=O)c3ccccc3)C(=O)N12. The second-order valence-electron chi connectivity index (χ2n) is 16.9. The molecule has 0 saturated carbocycles. The third kappa shape index (κ3) is 12.4. The second-order valence-corrected chi connectivity index (χ2v) is 16.9. The summed E-state index contributed by atoms with van der Waals surface area (Å²) >= 11 is 0. The average molecular weight is 973 g/mol. The monoisotopic (exact) mass is 972 g/mol. The maximum absolute atomic E-state index is 13.9. The van der Waals surface area contributed by atoms with E-state index >= 15 is 0 Å². The van der Waals surface area contributed by atoms with Crippen molar-refractivity contribution in [2.24, 2.45) is 0 Å². The summed E-state index contributed by atoms with van der Waals surface area (Å²) in [6.07, 6.45) is 2.84. The quantitative estimate of drug-likeness (QED) is 0.0715. The predicted octanol–water partition coefficient (Wildman–Crippen LogP) is 2.03. The number of nitrogens with zero attached hydrogens (tertiary/aromatic N) is 4. The number of fused-ring (bicyclic) bond motifs is 3. The molecule has 20 heteroatoms. The van der Waals surface area contributed by atoms with Crippen LogP contribution in [0.3, 0.4) is 0 Å². The van der Waals surface area contributed by atoms with Crippen molar-refractivity contribution in [3.8, 4) is 0 Å². The van der Waals surface area contributed by atoms with Crippen LogP contribution in [0.1, 0.15) is 73.1 Å². The van der Waals surface area contributed by atoms with Crippen molar-refractivity contribution in [1.29, 1.82) is 0 Å². The fraction of sp³-hybridized carbons (Fsp3) is 0.353. The highest BCUT2D eigenvalue weighted by molar-refractivity contribution is 6.43. The van der Waals surface area contributed by atoms with E-state index in [1.54, 1.807) is 68.4 Å². The molecule has 71 heavy (non-hydrogen) atoms. The van der Waals surface area contributed by atoms with Crippen LogP contribution in [0.2, 0.25) is 0 Å². The molecule has 8 amide bonds. The van der Waals surface area contributed by atoms with Gasteiger partial charge in [0.15, 0.2) is 0 Å². The number of benzene rings is 4. The first-order valence-electron chi connectivity index (χ1n) is 23.3. The van der Waals surface area contributed by atoms with Gasteiger partial charge in [-0.25, -0.2) is 5.01 Å². The van der Waals surface area contributed by atoms with Crippen LogP contribution in [-0.4, -0.2) is 139 Å². The average Bonchev–Trinajstić information content (AvgIpc) is 3.58. The third-order valence-corrected chi connectivity index (χ3v) is 12.2. The number of para-hydroxylation sites is 2. The number of methoxy groups -OCH3 is 1. The number of amides is 8. The number of hydrogen-bond donors (Lipinski definition) is 4. The fourth-order valence-electron chi connectivity index (χ4n) is 8.44. The molecular formula is C51H56N8O12. The Morgan fingerprint density at radius 1 is 0.732 bits per heavy atom. The molecule has 3 aliphatic heterocycles. The molecule has 2 fully saturated rings. The Kier molecular flexibility index (Phi) is 18.0. The van der Waals surface area contributed by atoms with E-state index in [1.165, 1.54) is 34.1 Å². The zero-order chi connectivity index (χ0) is 51.2. The summed E-state index contributed by atoms with van der Waals surface area (Å²) < 4.78 is 5.06. The van der Waals surface area contributed by atoms with E-state index in [-0.39, 0.29) is 44.0 Å². The van der Waals surface area contributed by atoms with Crippen LogP contribution in [0.15, 0.2) is 97.1 Å². The number of ketones is 1. The zero-order valence-corrected chi connectivity index (χ0v) is 39.5. The number of carbonyl (C=O) groups excluding carboxylic acids is 11. The van der Waals surface area contributed by atoms with Gasteiger partial charge in [0.2, 0.25) is 23.5 Å². The topological polar surface area (TPSA) is 258 Å². The number of aldehydes is 2. The molecule has 3 aliphatic rings. The van der Waals surface area contributed by atoms with Crippen LogP contribution in [0, 0.1) is 0 Å². The van der Waals surface area contributed by atoms with Crippen LogP contribution in [0.5, 0.6) is 0 Å². The summed E-state index contributed by atoms with van der Waals surface area (Å²) in [6, 6.07) is 22.6. The summed E-state index contributed by atoms with van der Waals surface area (Å²) in [5.74, 6) is -5.30. The normalized spacial score (nSPS) is 18.5. The van der Waals surface area contributed by atoms with E-state index in [0.717, 1.165) is 10.4 Å². The lowest BCUT2D eigenvalue weighted by Gasteiger charge is -2.43. The predicted molar refractivity (Wildman–Crippen MR) is 258 cm³/mol. The summed E-state index contributed by atoms with van der Waals surface area (Å²) in [5, 5.41) is 14.3. The molecule has 4 aromatic rings. The zero-order valence-electron chi connectivity index (χ0n) is 39.5. The van der Waals surface area contributed by atoms with Gasteiger partial charge in [-0.15, -0.1) is 0 Å². The molecule has 4 aromatic carbocycles. The molecule has 0 spiro atoms. The Morgan fingerprint density at radius 2 is 1.38 bits per heavy atom. The van der Waals surface area contributed by atoms with E-state index in [0.29, 0.717) is 60.6 Å². The number of nitrogens with one attached hydrogen (secondary N) is 4. The molecule has 2 saturated heterocycles. The smallest absolute Gasteiger partial charge is 0.293 e. The molecule has 20 nitrogen and oxygen atoms in total. The van der Waals surface area contributed by atoms with Crippen molar-refractivity contribution in [3.63, 3.8) is 0 Å². The summed E-state index contributed by atoms with van der Waals surface area (Å²) in [6.45, 7) is 2.94. The highest BCUT2D eigenvalue weighted by Crippen LogP contribution is 2.33. The summed E-state index contributed by atoms with van der Waals surface area (Å²) in [7, 11) is 1.39. The van der Waals surface area contributed by atoms with Gasteiger partial charge in [0.1, 0.15) is 43.8 Å². The number of hydrogen-bond acceptors (Lipinski definition) is 12. The van der Waals surface area contributed by atoms with E-state index in [4.69, 9.17) is 4.74 Å². The first kappa shape index (κ1) is 52.2. The molecule has 372 valence electrons. The van der Waals surface area contributed by atoms with E-state index in [2.05, 4.69) is 21.3 Å². The van der Waals surface area contributed by atoms with Gasteiger partial charge in [-0.1, -0.05) is 92.7 Å². The highest BCUT2D eigenvalue weighted by Gasteiger charge is 2.45. The maximum Gasteiger partial charge on any atom is 0.293 e. The van der Waals surface area contributed by atoms with Gasteiger partial charge in [-0.2, -0.15) is 0 Å². The van der Waals surface area contributed by atoms with Crippen LogP contribution >= 0.6 is 0 Å². The molecule has 0 unspecified atom stereocenters. The van der Waals surface area contributed by atoms with E-state index in [1.807, 2.05) is 30.3 Å². The van der Waals surface area contributed by atoms with E-state index < -0.39 is 83.9 Å². The molecule has 0 aromatic heterocycles. The molecule has 0 bridgehead atoms. The number of ether oxygens (including phenoxy) is 1. The highest BCUT2D eigenvalue weighted by atomic mass is 16.5. The Bertz CT molecular complexity index is 2670. The molecule has 5 atom stereocenters. The van der Waals surface area contributed by atoms with Crippen molar-refractivity contribution in [2.45, 2.75) is 82.6 Å². The molecular weight excluding hydrogens is 917 g/mol. The minimum atomic E-state index is -1.18. The van der Waals surface area contributed by atoms with Crippen LogP contribution < -0.4 is 31.1 Å². The Hall–Kier alpha value is -8.13. The van der Waals surface area contributed by atoms with Gasteiger partial charge in [-0.05, 0) is 61.1 Å². The molecule has 7 rings (SSSR count). The van der Waals surface area contributed by atoms with Crippen LogP contribution in [0.25, 0.3) is 10.8 Å². The third-order valence-electron chi connectivity index (χ3n) is 12.2. The number of Topliss-reactive ketones (excluding diaryl/α,β-unsaturated/α-hetero) is 1. The fourth-order valence-corrected chi connectivity index (χ4v) is 8.44. The summed E-state index contributed by atoms with van der Waals surface area (Å²) in [5.41, 5.74) is 1.27. The van der Waals surface area contributed by atoms with Crippen molar-refractivity contribution in [1.82, 2.24) is 31.3 Å². The first-order chi connectivity index (χ1) is 34.2. The number of hydrazine groups is 1. The lowest BCUT2D eigenvalue weighted by atomic mass is 10.0. The summed E-state index contributed by atoms with van der Waals surface area (Å²) in [4.78, 5) is 142. The lowest BCUT2D eigenvalue weighted by molar-refractivity contribution is -0.176. The lowest BCUT2D eigenvalue weighted by Crippen LogP contribution is -2.64. The number of carbonyl (C=O) groups is 11. The molecule has 3 heterocycles. The van der Waals surface area contributed by atoms with Crippen molar-refractivity contribution < 1.29 is 57.5 Å². The largest absolute Gasteiger partial charge is 0.375 e. The Balaban J connectivity index is 0.000000237. The minimum Gasteiger partial charge on any atom is -0.375 e. The first-order valence-corrected chi connectivity index (χ1v) is 23.3. The van der Waals surface area contributed by atoms with Crippen molar-refractivity contribution in [3.05, 3.63) is 108 Å². The van der Waals surface area contributed by atoms with Gasteiger partial charge in [0.05, 0.1) is 30.0 Å². The van der Waals surface area contributed by atoms with Gasteiger partial charge in [0.25, 0.3) is 29.5 Å². The van der Waals surface area contributed by atoms with Crippen LogP contribution in [0.4, 0.5) is 11.4 Å². The van der Waals surface area contributed by atoms with Gasteiger partial charge in [0, 0.05) is 31.2 Å². The van der Waals surface area contributed by atoms with Gasteiger partial charge < -0.3 is 40.5 Å². The Morgan fingerprint density at radius 3 is 2.07 bits per heavy atom. The minimum absolute atomic E-state index is 0.0126.